The minimum absolute atomic E-state index is 0.184. The Balaban J connectivity index is 2.06. The number of carbonyl (C=O) groups is 2. The van der Waals surface area contributed by atoms with Crippen molar-refractivity contribution in [1.82, 2.24) is 4.57 Å². The number of amides is 1. The fourth-order valence-corrected chi connectivity index (χ4v) is 3.53. The largest absolute Gasteiger partial charge is 0.451 e. The molecule has 0 spiro atoms. The van der Waals surface area contributed by atoms with Crippen LogP contribution in [0.2, 0.25) is 0 Å². The molecule has 0 aliphatic carbocycles. The molecular weight excluding hydrogens is 388 g/mol. The molecule has 2 rings (SSSR count). The molecule has 0 atom stereocenters. The lowest BCUT2D eigenvalue weighted by Crippen LogP contribution is -2.21. The van der Waals surface area contributed by atoms with Crippen LogP contribution in [0, 0.1) is 42.4 Å². The summed E-state index contributed by atoms with van der Waals surface area (Å²) in [5, 5.41) is 22.9. The van der Waals surface area contributed by atoms with E-state index in [1.54, 1.807) is 11.4 Å². The van der Waals surface area contributed by atoms with Crippen molar-refractivity contribution in [2.45, 2.75) is 34.2 Å². The number of hydrogen-bond donors (Lipinski definition) is 1. The number of aromatic nitrogens is 1. The van der Waals surface area contributed by atoms with Crippen LogP contribution in [0.5, 0.6) is 0 Å². The highest BCUT2D eigenvalue weighted by molar-refractivity contribution is 7.14. The Morgan fingerprint density at radius 3 is 2.69 bits per heavy atom. The van der Waals surface area contributed by atoms with Crippen LogP contribution >= 0.6 is 11.3 Å². The Morgan fingerprint density at radius 1 is 1.34 bits per heavy atom. The maximum absolute atomic E-state index is 12.2. The SMILES string of the molecule is Cc1cc(/C=C(\C#N)C(=O)OCC(=O)Nc2sccc2C#N)c(C)n1CC(C)C. The predicted molar refractivity (Wildman–Crippen MR) is 111 cm³/mol. The Morgan fingerprint density at radius 2 is 2.07 bits per heavy atom. The number of ether oxygens (including phenoxy) is 1. The van der Waals surface area contributed by atoms with Gasteiger partial charge in [0.25, 0.3) is 5.91 Å². The normalized spacial score (nSPS) is 11.1. The molecule has 0 unspecified atom stereocenters. The van der Waals surface area contributed by atoms with Crippen LogP contribution in [0.15, 0.2) is 23.1 Å². The quantitative estimate of drug-likeness (QED) is 0.424. The van der Waals surface area contributed by atoms with E-state index < -0.39 is 18.5 Å². The van der Waals surface area contributed by atoms with E-state index in [0.29, 0.717) is 16.5 Å². The number of thiophene rings is 1. The number of rotatable bonds is 7. The minimum atomic E-state index is -0.872. The van der Waals surface area contributed by atoms with Gasteiger partial charge in [-0.2, -0.15) is 10.5 Å². The molecule has 7 nitrogen and oxygen atoms in total. The topological polar surface area (TPSA) is 108 Å². The summed E-state index contributed by atoms with van der Waals surface area (Å²) in [7, 11) is 0. The second-order valence-electron chi connectivity index (χ2n) is 6.90. The smallest absolute Gasteiger partial charge is 0.349 e. The van der Waals surface area contributed by atoms with Crippen molar-refractivity contribution in [3.8, 4) is 12.1 Å². The molecule has 0 aromatic carbocycles. The van der Waals surface area contributed by atoms with Gasteiger partial charge in [0.05, 0.1) is 5.56 Å². The molecule has 0 fully saturated rings. The third-order valence-electron chi connectivity index (χ3n) is 4.17. The van der Waals surface area contributed by atoms with E-state index in [-0.39, 0.29) is 5.57 Å². The van der Waals surface area contributed by atoms with E-state index in [1.807, 2.05) is 32.1 Å². The molecular formula is C21H22N4O3S. The predicted octanol–water partition coefficient (Wildman–Crippen LogP) is 3.78. The monoisotopic (exact) mass is 410 g/mol. The third-order valence-corrected chi connectivity index (χ3v) is 5.00. The van der Waals surface area contributed by atoms with Crippen molar-refractivity contribution >= 4 is 34.3 Å². The molecule has 0 saturated heterocycles. The number of nitrogens with one attached hydrogen (secondary N) is 1. The first-order valence-electron chi connectivity index (χ1n) is 8.99. The fraction of sp³-hybridized carbons (Fsp3) is 0.333. The summed E-state index contributed by atoms with van der Waals surface area (Å²) < 4.78 is 7.10. The molecule has 2 aromatic rings. The minimum Gasteiger partial charge on any atom is -0.451 e. The van der Waals surface area contributed by atoms with E-state index in [0.717, 1.165) is 23.5 Å². The molecule has 150 valence electrons. The molecule has 2 aromatic heterocycles. The van der Waals surface area contributed by atoms with Crippen LogP contribution < -0.4 is 5.32 Å². The number of aryl methyl sites for hydroxylation is 1. The standard InChI is InChI=1S/C21H22N4O3S/c1-13(2)11-25-14(3)7-17(15(25)4)8-18(10-23)21(27)28-12-19(26)24-20-16(9-22)5-6-29-20/h5-8,13H,11-12H2,1-4H3,(H,24,26)/b18-8+. The Kier molecular flexibility index (Phi) is 7.35. The van der Waals surface area contributed by atoms with Crippen LogP contribution in [0.3, 0.4) is 0 Å². The Hall–Kier alpha value is -3.36. The lowest BCUT2D eigenvalue weighted by atomic mass is 10.1. The van der Waals surface area contributed by atoms with E-state index in [9.17, 15) is 14.9 Å². The highest BCUT2D eigenvalue weighted by Gasteiger charge is 2.16. The summed E-state index contributed by atoms with van der Waals surface area (Å²) in [5.41, 5.74) is 2.91. The summed E-state index contributed by atoms with van der Waals surface area (Å²) in [6, 6.07) is 7.29. The van der Waals surface area contributed by atoms with Crippen molar-refractivity contribution in [3.05, 3.63) is 45.6 Å². The first kappa shape index (κ1) is 21.9. The molecule has 0 saturated carbocycles. The van der Waals surface area contributed by atoms with Crippen molar-refractivity contribution in [3.63, 3.8) is 0 Å². The van der Waals surface area contributed by atoms with Gasteiger partial charge in [-0.15, -0.1) is 11.3 Å². The molecule has 2 heterocycles. The number of nitriles is 2. The summed E-state index contributed by atoms with van der Waals surface area (Å²) in [6.45, 7) is 8.43. The van der Waals surface area contributed by atoms with Crippen molar-refractivity contribution in [2.75, 3.05) is 11.9 Å². The van der Waals surface area contributed by atoms with E-state index in [4.69, 9.17) is 10.00 Å². The second kappa shape index (κ2) is 9.72. The van der Waals surface area contributed by atoms with Gasteiger partial charge >= 0.3 is 5.97 Å². The summed E-state index contributed by atoms with van der Waals surface area (Å²) in [5.74, 6) is -0.992. The van der Waals surface area contributed by atoms with Gasteiger partial charge in [0.2, 0.25) is 0 Å². The number of anilines is 1. The van der Waals surface area contributed by atoms with E-state index in [2.05, 4.69) is 23.7 Å². The zero-order valence-electron chi connectivity index (χ0n) is 16.8. The van der Waals surface area contributed by atoms with Gasteiger partial charge in [0.15, 0.2) is 6.61 Å². The molecule has 1 N–H and O–H groups in total. The van der Waals surface area contributed by atoms with Crippen LogP contribution in [-0.4, -0.2) is 23.1 Å². The summed E-state index contributed by atoms with van der Waals surface area (Å²) in [4.78, 5) is 24.2. The zero-order valence-corrected chi connectivity index (χ0v) is 17.6. The molecule has 0 aliphatic rings. The molecule has 29 heavy (non-hydrogen) atoms. The van der Waals surface area contributed by atoms with Gasteiger partial charge in [0, 0.05) is 17.9 Å². The number of esters is 1. The van der Waals surface area contributed by atoms with E-state index in [1.165, 1.54) is 17.4 Å². The van der Waals surface area contributed by atoms with E-state index >= 15 is 0 Å². The molecule has 1 amide bonds. The molecule has 0 aliphatic heterocycles. The Bertz CT molecular complexity index is 1030. The average Bonchev–Trinajstić information content (AvgIpc) is 3.22. The van der Waals surface area contributed by atoms with Crippen molar-refractivity contribution in [2.24, 2.45) is 5.92 Å². The van der Waals surface area contributed by atoms with Gasteiger partial charge < -0.3 is 14.6 Å². The zero-order chi connectivity index (χ0) is 21.6. The van der Waals surface area contributed by atoms with Crippen LogP contribution in [0.1, 0.15) is 36.4 Å². The van der Waals surface area contributed by atoms with Gasteiger partial charge in [-0.05, 0) is 48.9 Å². The first-order chi connectivity index (χ1) is 13.8. The maximum atomic E-state index is 12.2. The van der Waals surface area contributed by atoms with Crippen LogP contribution in [0.4, 0.5) is 5.00 Å². The molecule has 8 heteroatoms. The van der Waals surface area contributed by atoms with Crippen LogP contribution in [0.25, 0.3) is 6.08 Å². The number of carbonyl (C=O) groups excluding carboxylic acids is 2. The maximum Gasteiger partial charge on any atom is 0.349 e. The highest BCUT2D eigenvalue weighted by Crippen LogP contribution is 2.22. The summed E-state index contributed by atoms with van der Waals surface area (Å²) >= 11 is 1.20. The second-order valence-corrected chi connectivity index (χ2v) is 7.82. The number of nitrogens with zero attached hydrogens (tertiary/aromatic N) is 3. The van der Waals surface area contributed by atoms with Gasteiger partial charge in [-0.25, -0.2) is 4.79 Å². The number of hydrogen-bond acceptors (Lipinski definition) is 6. The lowest BCUT2D eigenvalue weighted by Gasteiger charge is -2.12. The molecule has 0 bridgehead atoms. The first-order valence-corrected chi connectivity index (χ1v) is 9.87. The van der Waals surface area contributed by atoms with Gasteiger partial charge in [-0.1, -0.05) is 13.8 Å². The van der Waals surface area contributed by atoms with Crippen molar-refractivity contribution < 1.29 is 14.3 Å². The van der Waals surface area contributed by atoms with Gasteiger partial charge in [0.1, 0.15) is 22.7 Å². The summed E-state index contributed by atoms with van der Waals surface area (Å²) in [6.07, 6.45) is 1.48. The average molecular weight is 410 g/mol. The highest BCUT2D eigenvalue weighted by atomic mass is 32.1. The lowest BCUT2D eigenvalue weighted by molar-refractivity contribution is -0.142. The Labute approximate surface area is 173 Å². The molecule has 0 radical (unpaired) electrons. The van der Waals surface area contributed by atoms with Crippen molar-refractivity contribution in [1.29, 1.82) is 10.5 Å². The van der Waals surface area contributed by atoms with Gasteiger partial charge in [-0.3, -0.25) is 4.79 Å². The van der Waals surface area contributed by atoms with Crippen LogP contribution in [-0.2, 0) is 20.9 Å². The fourth-order valence-electron chi connectivity index (χ4n) is 2.78. The third kappa shape index (κ3) is 5.56.